The van der Waals surface area contributed by atoms with Crippen LogP contribution >= 0.6 is 0 Å². The number of β-amino-alcohol motifs (C(OH)–C–C–N with tert-alkyl or cyclic N) is 1. The summed E-state index contributed by atoms with van der Waals surface area (Å²) >= 11 is 0. The molecule has 0 bridgehead atoms. The number of fused-ring (bicyclic) bond motifs is 1. The third-order valence-electron chi connectivity index (χ3n) is 6.56. The van der Waals surface area contributed by atoms with Crippen LogP contribution in [0.4, 0.5) is 0 Å². The smallest absolute Gasteiger partial charge is 0.239 e. The lowest BCUT2D eigenvalue weighted by Gasteiger charge is -2.40. The van der Waals surface area contributed by atoms with E-state index in [9.17, 15) is 9.90 Å². The lowest BCUT2D eigenvalue weighted by Crippen LogP contribution is -2.54. The van der Waals surface area contributed by atoms with E-state index in [1.165, 1.54) is 0 Å². The number of nitrogens with two attached hydrogens (primary N) is 1. The van der Waals surface area contributed by atoms with E-state index in [2.05, 4.69) is 9.80 Å². The molecule has 0 aromatic heterocycles. The maximum atomic E-state index is 12.4. The Balaban J connectivity index is 1.34. The Morgan fingerprint density at radius 2 is 1.85 bits per heavy atom. The minimum absolute atomic E-state index is 0.275. The van der Waals surface area contributed by atoms with Crippen LogP contribution in [0.5, 0.6) is 17.2 Å². The molecular formula is C25H33N3O5. The molecule has 0 aliphatic carbocycles. The van der Waals surface area contributed by atoms with Gasteiger partial charge in [-0.2, -0.15) is 0 Å². The van der Waals surface area contributed by atoms with Gasteiger partial charge in [0, 0.05) is 38.8 Å². The van der Waals surface area contributed by atoms with Crippen molar-refractivity contribution in [3.63, 3.8) is 0 Å². The molecule has 2 aromatic carbocycles. The highest BCUT2D eigenvalue weighted by molar-refractivity contribution is 5.82. The van der Waals surface area contributed by atoms with Crippen LogP contribution in [0.2, 0.25) is 0 Å². The van der Waals surface area contributed by atoms with Crippen LogP contribution in [0, 0.1) is 13.8 Å². The first kappa shape index (κ1) is 23.4. The zero-order valence-electron chi connectivity index (χ0n) is 19.5. The Morgan fingerprint density at radius 1 is 1.15 bits per heavy atom. The van der Waals surface area contributed by atoms with Gasteiger partial charge in [0.1, 0.15) is 24.5 Å². The van der Waals surface area contributed by atoms with Crippen LogP contribution < -0.4 is 19.9 Å². The second-order valence-electron chi connectivity index (χ2n) is 8.79. The summed E-state index contributed by atoms with van der Waals surface area (Å²) < 4.78 is 17.0. The van der Waals surface area contributed by atoms with Crippen LogP contribution in [-0.2, 0) is 4.79 Å². The number of nitrogens with zero attached hydrogens (tertiary/aromatic N) is 2. The highest BCUT2D eigenvalue weighted by atomic mass is 16.6. The second kappa shape index (κ2) is 9.99. The third kappa shape index (κ3) is 5.08. The first-order valence-corrected chi connectivity index (χ1v) is 11.3. The molecule has 8 heteroatoms. The third-order valence-corrected chi connectivity index (χ3v) is 6.56. The van der Waals surface area contributed by atoms with Gasteiger partial charge in [0.15, 0.2) is 17.6 Å². The van der Waals surface area contributed by atoms with E-state index in [1.54, 1.807) is 19.2 Å². The van der Waals surface area contributed by atoms with Gasteiger partial charge in [0.25, 0.3) is 0 Å². The zero-order valence-corrected chi connectivity index (χ0v) is 19.5. The number of primary amides is 1. The number of carbonyl (C=O) groups excluding carboxylic acids is 1. The summed E-state index contributed by atoms with van der Waals surface area (Å²) in [5.41, 5.74) is 8.98. The maximum absolute atomic E-state index is 12.4. The summed E-state index contributed by atoms with van der Waals surface area (Å²) in [4.78, 5) is 16.7. The van der Waals surface area contributed by atoms with E-state index in [1.807, 2.05) is 38.1 Å². The number of hydrogen-bond acceptors (Lipinski definition) is 7. The van der Waals surface area contributed by atoms with Gasteiger partial charge >= 0.3 is 0 Å². The fourth-order valence-corrected chi connectivity index (χ4v) is 4.73. The molecule has 8 nitrogen and oxygen atoms in total. The number of aliphatic hydroxyl groups excluding tert-OH is 1. The van der Waals surface area contributed by atoms with Gasteiger partial charge in [0.2, 0.25) is 5.91 Å². The number of rotatable bonds is 7. The molecule has 2 heterocycles. The van der Waals surface area contributed by atoms with Crippen LogP contribution in [0.3, 0.4) is 0 Å². The van der Waals surface area contributed by atoms with Gasteiger partial charge in [-0.3, -0.25) is 14.6 Å². The van der Waals surface area contributed by atoms with E-state index < -0.39 is 18.2 Å². The zero-order chi connectivity index (χ0) is 23.5. The minimum atomic E-state index is -0.697. The number of ether oxygens (including phenoxy) is 3. The van der Waals surface area contributed by atoms with Crippen molar-refractivity contribution in [2.45, 2.75) is 32.1 Å². The quantitative estimate of drug-likeness (QED) is 0.655. The SMILES string of the molecule is COc1ccc2c(c1)OCC(C(O)CN1CCN(C(C(N)=O)c3c(C)cccc3C)CC1)O2. The Bertz CT molecular complexity index is 970. The molecule has 2 aliphatic rings. The maximum Gasteiger partial charge on any atom is 0.239 e. The van der Waals surface area contributed by atoms with Crippen molar-refractivity contribution in [1.82, 2.24) is 9.80 Å². The van der Waals surface area contributed by atoms with Crippen LogP contribution in [0.25, 0.3) is 0 Å². The molecular weight excluding hydrogens is 422 g/mol. The summed E-state index contributed by atoms with van der Waals surface area (Å²) in [6.07, 6.45) is -1.14. The average molecular weight is 456 g/mol. The Labute approximate surface area is 194 Å². The number of aliphatic hydroxyl groups is 1. The molecule has 3 atom stereocenters. The molecule has 2 aliphatic heterocycles. The Hall–Kier alpha value is -2.81. The predicted molar refractivity (Wildman–Crippen MR) is 125 cm³/mol. The largest absolute Gasteiger partial charge is 0.497 e. The second-order valence-corrected chi connectivity index (χ2v) is 8.79. The Morgan fingerprint density at radius 3 is 2.48 bits per heavy atom. The van der Waals surface area contributed by atoms with Crippen molar-refractivity contribution < 1.29 is 24.1 Å². The van der Waals surface area contributed by atoms with Gasteiger partial charge in [-0.15, -0.1) is 0 Å². The van der Waals surface area contributed by atoms with E-state index in [0.717, 1.165) is 29.8 Å². The van der Waals surface area contributed by atoms with Crippen molar-refractivity contribution in [3.8, 4) is 17.2 Å². The van der Waals surface area contributed by atoms with Crippen molar-refractivity contribution in [2.75, 3.05) is 46.4 Å². The Kier molecular flexibility index (Phi) is 7.07. The normalized spacial score (nSPS) is 20.8. The van der Waals surface area contributed by atoms with Gasteiger partial charge in [0.05, 0.1) is 7.11 Å². The fourth-order valence-electron chi connectivity index (χ4n) is 4.73. The highest BCUT2D eigenvalue weighted by Crippen LogP contribution is 2.35. The fraction of sp³-hybridized carbons (Fsp3) is 0.480. The predicted octanol–water partition coefficient (Wildman–Crippen LogP) is 1.66. The van der Waals surface area contributed by atoms with Gasteiger partial charge in [-0.1, -0.05) is 18.2 Å². The molecule has 33 heavy (non-hydrogen) atoms. The van der Waals surface area contributed by atoms with Crippen LogP contribution in [0.15, 0.2) is 36.4 Å². The van der Waals surface area contributed by atoms with Crippen molar-refractivity contribution in [3.05, 3.63) is 53.1 Å². The molecule has 1 amide bonds. The van der Waals surface area contributed by atoms with E-state index in [0.29, 0.717) is 36.9 Å². The molecule has 1 fully saturated rings. The average Bonchev–Trinajstić information content (AvgIpc) is 2.81. The molecule has 0 spiro atoms. The number of hydrogen-bond donors (Lipinski definition) is 2. The molecule has 0 radical (unpaired) electrons. The summed E-state index contributed by atoms with van der Waals surface area (Å²) in [5, 5.41) is 10.8. The summed E-state index contributed by atoms with van der Waals surface area (Å²) in [6.45, 7) is 7.63. The number of amides is 1. The molecule has 3 N–H and O–H groups in total. The van der Waals surface area contributed by atoms with Crippen LogP contribution in [0.1, 0.15) is 22.7 Å². The van der Waals surface area contributed by atoms with Crippen LogP contribution in [-0.4, -0.2) is 79.5 Å². The topological polar surface area (TPSA) is 97.5 Å². The first-order valence-electron chi connectivity index (χ1n) is 11.3. The van der Waals surface area contributed by atoms with Crippen molar-refractivity contribution >= 4 is 5.91 Å². The van der Waals surface area contributed by atoms with Gasteiger partial charge in [-0.25, -0.2) is 0 Å². The number of benzene rings is 2. The van der Waals surface area contributed by atoms with E-state index in [4.69, 9.17) is 19.9 Å². The highest BCUT2D eigenvalue weighted by Gasteiger charge is 2.33. The molecule has 2 aromatic rings. The summed E-state index contributed by atoms with van der Waals surface area (Å²) in [5.74, 6) is 1.59. The lowest BCUT2D eigenvalue weighted by molar-refractivity contribution is -0.124. The molecule has 0 saturated carbocycles. The summed E-state index contributed by atoms with van der Waals surface area (Å²) in [7, 11) is 1.60. The number of aryl methyl sites for hydroxylation is 2. The summed E-state index contributed by atoms with van der Waals surface area (Å²) in [6, 6.07) is 11.0. The first-order chi connectivity index (χ1) is 15.9. The van der Waals surface area contributed by atoms with Crippen molar-refractivity contribution in [2.24, 2.45) is 5.73 Å². The van der Waals surface area contributed by atoms with Gasteiger partial charge in [-0.05, 0) is 42.7 Å². The van der Waals surface area contributed by atoms with Gasteiger partial charge < -0.3 is 25.1 Å². The number of piperazine rings is 1. The van der Waals surface area contributed by atoms with E-state index in [-0.39, 0.29) is 12.5 Å². The molecule has 1 saturated heterocycles. The number of methoxy groups -OCH3 is 1. The molecule has 4 rings (SSSR count). The van der Waals surface area contributed by atoms with E-state index >= 15 is 0 Å². The van der Waals surface area contributed by atoms with Crippen molar-refractivity contribution in [1.29, 1.82) is 0 Å². The monoisotopic (exact) mass is 455 g/mol. The molecule has 3 unspecified atom stereocenters. The minimum Gasteiger partial charge on any atom is -0.497 e. The standard InChI is InChI=1S/C25H33N3O5/c1-16-5-4-6-17(2)23(16)24(25(26)30)28-11-9-27(10-12-28)14-19(29)22-15-32-21-13-18(31-3)7-8-20(21)33-22/h4-8,13,19,22,24,29H,9-12,14-15H2,1-3H3,(H2,26,30). The molecule has 178 valence electrons. The number of carbonyl (C=O) groups is 1. The lowest BCUT2D eigenvalue weighted by atomic mass is 9.94.